The summed E-state index contributed by atoms with van der Waals surface area (Å²) in [7, 11) is 0. The maximum atomic E-state index is 10.2. The number of hydrogen-bond donors (Lipinski definition) is 1. The smallest absolute Gasteiger partial charge is 0.0823 e. The number of hydrogen-bond acceptors (Lipinski definition) is 2. The van der Waals surface area contributed by atoms with Gasteiger partial charge in [0.15, 0.2) is 0 Å². The molecule has 1 heterocycles. The van der Waals surface area contributed by atoms with Crippen molar-refractivity contribution in [2.45, 2.75) is 85.3 Å². The van der Waals surface area contributed by atoms with Gasteiger partial charge in [0, 0.05) is 17.8 Å². The molecule has 0 fully saturated rings. The van der Waals surface area contributed by atoms with Crippen LogP contribution in [0.25, 0.3) is 0 Å². The lowest BCUT2D eigenvalue weighted by atomic mass is 10.0. The zero-order chi connectivity index (χ0) is 14.3. The highest BCUT2D eigenvalue weighted by molar-refractivity contribution is 5.29. The second-order valence-corrected chi connectivity index (χ2v) is 5.22. The molecular weight excluding hydrogens is 236 g/mol. The molecular formula is C16H30N2O. The van der Waals surface area contributed by atoms with Gasteiger partial charge in [-0.15, -0.1) is 0 Å². The van der Waals surface area contributed by atoms with Crippen LogP contribution in [0.2, 0.25) is 0 Å². The van der Waals surface area contributed by atoms with E-state index in [1.165, 1.54) is 31.4 Å². The summed E-state index contributed by atoms with van der Waals surface area (Å²) >= 11 is 0. The van der Waals surface area contributed by atoms with Gasteiger partial charge >= 0.3 is 0 Å². The molecule has 110 valence electrons. The molecule has 1 atom stereocenters. The van der Waals surface area contributed by atoms with Crippen molar-refractivity contribution in [3.8, 4) is 0 Å². The van der Waals surface area contributed by atoms with Gasteiger partial charge in [-0.25, -0.2) is 0 Å². The van der Waals surface area contributed by atoms with Crippen LogP contribution in [0.15, 0.2) is 0 Å². The van der Waals surface area contributed by atoms with E-state index in [1.54, 1.807) is 0 Å². The molecule has 19 heavy (non-hydrogen) atoms. The predicted molar refractivity (Wildman–Crippen MR) is 80.4 cm³/mol. The molecule has 1 aromatic rings. The molecule has 1 rings (SSSR count). The highest BCUT2D eigenvalue weighted by Crippen LogP contribution is 2.26. The number of nitrogens with zero attached hydrogens (tertiary/aromatic N) is 2. The molecule has 0 bridgehead atoms. The summed E-state index contributed by atoms with van der Waals surface area (Å²) in [6, 6.07) is 0. The molecule has 3 nitrogen and oxygen atoms in total. The minimum absolute atomic E-state index is 0.353. The third-order valence-electron chi connectivity index (χ3n) is 3.79. The molecule has 1 N–H and O–H groups in total. The molecule has 0 aromatic carbocycles. The number of aliphatic hydroxyl groups excluding tert-OH is 1. The summed E-state index contributed by atoms with van der Waals surface area (Å²) in [5, 5.41) is 14.9. The van der Waals surface area contributed by atoms with Gasteiger partial charge in [0.1, 0.15) is 0 Å². The standard InChI is InChI=1S/C16H30N2O/c1-5-9-10-11-12-18-14(7-3)16(15(19)8-4)13(6-2)17-18/h15,19H,5-12H2,1-4H3. The Morgan fingerprint density at radius 1 is 1.05 bits per heavy atom. The molecule has 3 heteroatoms. The number of rotatable bonds is 9. The first-order chi connectivity index (χ1) is 9.19. The van der Waals surface area contributed by atoms with Crippen LogP contribution >= 0.6 is 0 Å². The molecule has 1 aromatic heterocycles. The first kappa shape index (κ1) is 16.2. The molecule has 1 unspecified atom stereocenters. The van der Waals surface area contributed by atoms with E-state index in [2.05, 4.69) is 25.5 Å². The van der Waals surface area contributed by atoms with E-state index in [9.17, 15) is 5.11 Å². The lowest BCUT2D eigenvalue weighted by molar-refractivity contribution is 0.171. The second kappa shape index (κ2) is 8.36. The number of unbranched alkanes of at least 4 members (excludes halogenated alkanes) is 3. The summed E-state index contributed by atoms with van der Waals surface area (Å²) in [5.74, 6) is 0. The SMILES string of the molecule is CCCCCCn1nc(CC)c(C(O)CC)c1CC. The minimum Gasteiger partial charge on any atom is -0.388 e. The van der Waals surface area contributed by atoms with Crippen LogP contribution in [0, 0.1) is 0 Å². The Kier molecular flexibility index (Phi) is 7.14. The lowest BCUT2D eigenvalue weighted by Crippen LogP contribution is -2.07. The maximum absolute atomic E-state index is 10.2. The molecule has 0 aliphatic heterocycles. The Hall–Kier alpha value is -0.830. The van der Waals surface area contributed by atoms with Gasteiger partial charge < -0.3 is 5.11 Å². The van der Waals surface area contributed by atoms with E-state index >= 15 is 0 Å². The fourth-order valence-electron chi connectivity index (χ4n) is 2.66. The van der Waals surface area contributed by atoms with Gasteiger partial charge in [0.25, 0.3) is 0 Å². The van der Waals surface area contributed by atoms with E-state index in [0.717, 1.165) is 37.1 Å². The van der Waals surface area contributed by atoms with Crippen molar-refractivity contribution in [3.63, 3.8) is 0 Å². The number of aliphatic hydroxyl groups is 1. The third-order valence-corrected chi connectivity index (χ3v) is 3.79. The zero-order valence-corrected chi connectivity index (χ0v) is 13.1. The fourth-order valence-corrected chi connectivity index (χ4v) is 2.66. The largest absolute Gasteiger partial charge is 0.388 e. The predicted octanol–water partition coefficient (Wildman–Crippen LogP) is 4.03. The highest BCUT2D eigenvalue weighted by atomic mass is 16.3. The Labute approximate surface area is 118 Å². The highest BCUT2D eigenvalue weighted by Gasteiger charge is 2.20. The Morgan fingerprint density at radius 2 is 1.79 bits per heavy atom. The second-order valence-electron chi connectivity index (χ2n) is 5.22. The van der Waals surface area contributed by atoms with Gasteiger partial charge in [-0.05, 0) is 25.7 Å². The molecule has 0 saturated heterocycles. The van der Waals surface area contributed by atoms with Crippen molar-refractivity contribution in [2.24, 2.45) is 0 Å². The van der Waals surface area contributed by atoms with E-state index in [4.69, 9.17) is 5.10 Å². The van der Waals surface area contributed by atoms with E-state index in [-0.39, 0.29) is 6.10 Å². The Balaban J connectivity index is 2.88. The molecule has 0 radical (unpaired) electrons. The minimum atomic E-state index is -0.353. The Bertz CT molecular complexity index is 371. The lowest BCUT2D eigenvalue weighted by Gasteiger charge is -2.11. The average Bonchev–Trinajstić information content (AvgIpc) is 2.80. The van der Waals surface area contributed by atoms with Crippen LogP contribution in [0.5, 0.6) is 0 Å². The van der Waals surface area contributed by atoms with Crippen molar-refractivity contribution >= 4 is 0 Å². The maximum Gasteiger partial charge on any atom is 0.0823 e. The third kappa shape index (κ3) is 4.07. The van der Waals surface area contributed by atoms with Crippen LogP contribution in [0.1, 0.15) is 82.9 Å². The fraction of sp³-hybridized carbons (Fsp3) is 0.812. The number of aromatic nitrogens is 2. The Morgan fingerprint density at radius 3 is 2.32 bits per heavy atom. The average molecular weight is 266 g/mol. The van der Waals surface area contributed by atoms with E-state index in [1.807, 2.05) is 6.92 Å². The molecule has 0 saturated carbocycles. The quantitative estimate of drug-likeness (QED) is 0.685. The zero-order valence-electron chi connectivity index (χ0n) is 13.1. The molecule has 0 aliphatic carbocycles. The molecule has 0 spiro atoms. The van der Waals surface area contributed by atoms with Crippen LogP contribution in [0.4, 0.5) is 0 Å². The molecule has 0 amide bonds. The monoisotopic (exact) mass is 266 g/mol. The van der Waals surface area contributed by atoms with Crippen molar-refractivity contribution in [1.29, 1.82) is 0 Å². The topological polar surface area (TPSA) is 38.0 Å². The summed E-state index contributed by atoms with van der Waals surface area (Å²) in [6.45, 7) is 9.53. The first-order valence-electron chi connectivity index (χ1n) is 7.95. The molecule has 0 aliphatic rings. The summed E-state index contributed by atoms with van der Waals surface area (Å²) in [6.07, 6.45) is 7.29. The van der Waals surface area contributed by atoms with E-state index in [0.29, 0.717) is 0 Å². The van der Waals surface area contributed by atoms with Gasteiger partial charge in [-0.1, -0.05) is 47.0 Å². The van der Waals surface area contributed by atoms with Crippen LogP contribution in [-0.2, 0) is 19.4 Å². The normalized spacial score (nSPS) is 12.9. The van der Waals surface area contributed by atoms with Crippen LogP contribution in [-0.4, -0.2) is 14.9 Å². The van der Waals surface area contributed by atoms with Gasteiger partial charge in [-0.2, -0.15) is 5.10 Å². The van der Waals surface area contributed by atoms with Gasteiger partial charge in [0.05, 0.1) is 11.8 Å². The van der Waals surface area contributed by atoms with Crippen molar-refractivity contribution in [3.05, 3.63) is 17.0 Å². The first-order valence-corrected chi connectivity index (χ1v) is 7.95. The van der Waals surface area contributed by atoms with Gasteiger partial charge in [-0.3, -0.25) is 4.68 Å². The van der Waals surface area contributed by atoms with Crippen molar-refractivity contribution < 1.29 is 5.11 Å². The number of aryl methyl sites for hydroxylation is 2. The summed E-state index contributed by atoms with van der Waals surface area (Å²) in [5.41, 5.74) is 3.42. The van der Waals surface area contributed by atoms with Gasteiger partial charge in [0.2, 0.25) is 0 Å². The van der Waals surface area contributed by atoms with Crippen molar-refractivity contribution in [2.75, 3.05) is 0 Å². The van der Waals surface area contributed by atoms with E-state index < -0.39 is 0 Å². The summed E-state index contributed by atoms with van der Waals surface area (Å²) in [4.78, 5) is 0. The summed E-state index contributed by atoms with van der Waals surface area (Å²) < 4.78 is 2.14. The van der Waals surface area contributed by atoms with Crippen LogP contribution in [0.3, 0.4) is 0 Å². The van der Waals surface area contributed by atoms with Crippen LogP contribution < -0.4 is 0 Å². The van der Waals surface area contributed by atoms with Crippen molar-refractivity contribution in [1.82, 2.24) is 9.78 Å².